The van der Waals surface area contributed by atoms with Crippen molar-refractivity contribution in [1.29, 1.82) is 0 Å². The standard InChI is InChI=1S/C39H53N9O13S/c1-4-17(2)31-36(59)41-12-28(52)42-25-16-62-38-21(20-7-5-6-8-22(20)45-38)10-23(33(56)40-13-29(53)46-31)43-37(60)32(18(3)27(51)15-49)47-35(58)26-9-19(50)14-48(26)39(61)24(11-30(54)55)44-34(25)57/h5-8,17-19,23-27,31-32,45,49-51H,4,9-16H2,1-3H3,(H,40,56)(H,41,59)(H,42,52)(H,43,60)(H,44,57)(H,46,53)(H,47,58)(H,54,55)/t17-,18-,19?,23-,24-,25?,26-,27-,31-,32-/m0/s1. The molecule has 2 aromatic rings. The van der Waals surface area contributed by atoms with Crippen LogP contribution in [0.2, 0.25) is 0 Å². The summed E-state index contributed by atoms with van der Waals surface area (Å²) in [4.78, 5) is 127. The molecule has 1 aromatic heterocycles. The molecule has 0 radical (unpaired) electrons. The van der Waals surface area contributed by atoms with Gasteiger partial charge in [0.2, 0.25) is 47.3 Å². The smallest absolute Gasteiger partial charge is 0.305 e. The molecule has 12 N–H and O–H groups in total. The van der Waals surface area contributed by atoms with E-state index in [4.69, 9.17) is 0 Å². The van der Waals surface area contributed by atoms with Gasteiger partial charge in [-0.2, -0.15) is 0 Å². The van der Waals surface area contributed by atoms with Crippen molar-refractivity contribution in [2.45, 2.75) is 99.9 Å². The zero-order chi connectivity index (χ0) is 45.4. The first-order chi connectivity index (χ1) is 29.4. The zero-order valence-corrected chi connectivity index (χ0v) is 35.1. The predicted molar refractivity (Wildman–Crippen MR) is 218 cm³/mol. The number of aliphatic carboxylic acids is 1. The quantitative estimate of drug-likeness (QED) is 0.126. The van der Waals surface area contributed by atoms with Crippen molar-refractivity contribution in [2.75, 3.05) is 32.0 Å². The Labute approximate surface area is 359 Å². The third-order valence-corrected chi connectivity index (χ3v) is 12.4. The minimum atomic E-state index is -1.84. The average Bonchev–Trinajstić information content (AvgIpc) is 3.81. The molecule has 10 atom stereocenters. The van der Waals surface area contributed by atoms with Crippen LogP contribution in [-0.2, 0) is 49.6 Å². The molecule has 0 aliphatic carbocycles. The molecule has 8 amide bonds. The maximum absolute atomic E-state index is 14.4. The lowest BCUT2D eigenvalue weighted by atomic mass is 9.93. The van der Waals surface area contributed by atoms with E-state index in [1.54, 1.807) is 38.1 Å². The van der Waals surface area contributed by atoms with Crippen molar-refractivity contribution in [2.24, 2.45) is 11.8 Å². The van der Waals surface area contributed by atoms with Gasteiger partial charge < -0.3 is 67.5 Å². The number of aromatic amines is 1. The van der Waals surface area contributed by atoms with Gasteiger partial charge in [-0.05, 0) is 17.5 Å². The van der Waals surface area contributed by atoms with Crippen LogP contribution in [0.15, 0.2) is 29.3 Å². The highest BCUT2D eigenvalue weighted by Crippen LogP contribution is 2.32. The van der Waals surface area contributed by atoms with Gasteiger partial charge in [0, 0.05) is 42.0 Å². The number of carbonyl (C=O) groups is 9. The monoisotopic (exact) mass is 887 g/mol. The van der Waals surface area contributed by atoms with Gasteiger partial charge in [-0.25, -0.2) is 0 Å². The molecule has 0 saturated carbocycles. The zero-order valence-electron chi connectivity index (χ0n) is 34.3. The number of carboxylic acid groups (broad SMARTS) is 1. The lowest BCUT2D eigenvalue weighted by Crippen LogP contribution is -2.62. The second-order valence-corrected chi connectivity index (χ2v) is 16.7. The summed E-state index contributed by atoms with van der Waals surface area (Å²) in [5.74, 6) is -11.0. The summed E-state index contributed by atoms with van der Waals surface area (Å²) >= 11 is 1.00. The van der Waals surface area contributed by atoms with Gasteiger partial charge in [0.1, 0.15) is 36.3 Å². The van der Waals surface area contributed by atoms with E-state index in [-0.39, 0.29) is 18.6 Å². The normalized spacial score (nSPS) is 27.8. The molecule has 3 aliphatic rings. The maximum atomic E-state index is 14.4. The number of aromatic nitrogens is 1. The Balaban J connectivity index is 1.69. The molecule has 5 rings (SSSR count). The molecule has 23 heteroatoms. The van der Waals surface area contributed by atoms with Crippen molar-refractivity contribution in [3.05, 3.63) is 29.8 Å². The number of nitrogens with zero attached hydrogens (tertiary/aromatic N) is 1. The summed E-state index contributed by atoms with van der Waals surface area (Å²) in [5.41, 5.74) is 1.00. The number of hydrogen-bond donors (Lipinski definition) is 12. The Morgan fingerprint density at radius 2 is 1.52 bits per heavy atom. The van der Waals surface area contributed by atoms with Crippen molar-refractivity contribution in [3.8, 4) is 0 Å². The summed E-state index contributed by atoms with van der Waals surface area (Å²) in [7, 11) is 0. The second-order valence-electron chi connectivity index (χ2n) is 15.7. The number of carboxylic acids is 1. The van der Waals surface area contributed by atoms with Crippen LogP contribution in [0, 0.1) is 11.8 Å². The molecule has 2 bridgehead atoms. The summed E-state index contributed by atoms with van der Waals surface area (Å²) in [6.07, 6.45) is -4.15. The number of amides is 8. The maximum Gasteiger partial charge on any atom is 0.305 e. The number of nitrogens with one attached hydrogen (secondary N) is 8. The average molecular weight is 888 g/mol. The van der Waals surface area contributed by atoms with Gasteiger partial charge in [0.25, 0.3) is 0 Å². The van der Waals surface area contributed by atoms with E-state index in [0.29, 0.717) is 27.9 Å². The van der Waals surface area contributed by atoms with Gasteiger partial charge in [0.05, 0.1) is 43.4 Å². The molecule has 0 spiro atoms. The topological polar surface area (TPSA) is 338 Å². The molecule has 1 saturated heterocycles. The summed E-state index contributed by atoms with van der Waals surface area (Å²) in [6.45, 7) is 2.12. The number of rotatable bonds is 7. The van der Waals surface area contributed by atoms with Crippen molar-refractivity contribution >= 4 is 75.9 Å². The Bertz CT molecular complexity index is 2070. The van der Waals surface area contributed by atoms with Gasteiger partial charge in [0.15, 0.2) is 0 Å². The van der Waals surface area contributed by atoms with Gasteiger partial charge >= 0.3 is 5.97 Å². The van der Waals surface area contributed by atoms with E-state index in [1.807, 2.05) is 0 Å². The van der Waals surface area contributed by atoms with E-state index in [2.05, 4.69) is 42.2 Å². The lowest BCUT2D eigenvalue weighted by molar-refractivity contribution is -0.146. The molecular weight excluding hydrogens is 835 g/mol. The second kappa shape index (κ2) is 20.9. The highest BCUT2D eigenvalue weighted by Gasteiger charge is 2.45. The Kier molecular flexibility index (Phi) is 15.9. The van der Waals surface area contributed by atoms with E-state index in [1.165, 1.54) is 6.92 Å². The van der Waals surface area contributed by atoms with E-state index >= 15 is 0 Å². The Morgan fingerprint density at radius 3 is 2.19 bits per heavy atom. The number of fused-ring (bicyclic) bond motifs is 5. The number of aliphatic hydroxyl groups excluding tert-OH is 3. The molecular formula is C39H53N9O13S. The number of carbonyl (C=O) groups excluding carboxylic acids is 8. The molecule has 4 heterocycles. The van der Waals surface area contributed by atoms with Gasteiger partial charge in [-0.3, -0.25) is 43.2 Å². The van der Waals surface area contributed by atoms with Crippen LogP contribution >= 0.6 is 11.8 Å². The molecule has 338 valence electrons. The number of thioether (sulfide) groups is 1. The van der Waals surface area contributed by atoms with Crippen LogP contribution in [0.1, 0.15) is 45.6 Å². The Hall–Kier alpha value is -5.78. The van der Waals surface area contributed by atoms with Crippen LogP contribution in [0.3, 0.4) is 0 Å². The van der Waals surface area contributed by atoms with Crippen molar-refractivity contribution < 1.29 is 63.6 Å². The minimum absolute atomic E-state index is 0.276. The van der Waals surface area contributed by atoms with Gasteiger partial charge in [-0.15, -0.1) is 11.8 Å². The third kappa shape index (κ3) is 11.4. The van der Waals surface area contributed by atoms with Gasteiger partial charge in [-0.1, -0.05) is 45.4 Å². The van der Waals surface area contributed by atoms with Crippen LogP contribution in [0.5, 0.6) is 0 Å². The van der Waals surface area contributed by atoms with Crippen LogP contribution in [-0.4, -0.2) is 164 Å². The molecule has 1 fully saturated rings. The number of para-hydroxylation sites is 1. The fourth-order valence-electron chi connectivity index (χ4n) is 7.49. The predicted octanol–water partition coefficient (Wildman–Crippen LogP) is -4.04. The fraction of sp³-hybridized carbons (Fsp3) is 0.564. The lowest BCUT2D eigenvalue weighted by Gasteiger charge is -2.32. The summed E-state index contributed by atoms with van der Waals surface area (Å²) in [5, 5.41) is 59.5. The van der Waals surface area contributed by atoms with E-state index in [9.17, 15) is 63.6 Å². The van der Waals surface area contributed by atoms with Crippen molar-refractivity contribution in [1.82, 2.24) is 47.1 Å². The molecule has 62 heavy (non-hydrogen) atoms. The number of H-pyrrole nitrogens is 1. The minimum Gasteiger partial charge on any atom is -0.481 e. The SMILES string of the molecule is CC[C@H](C)[C@@H]1NC(=O)CNC(=O)[C@@H]2Cc3c([nH]c4ccccc34)SCC(NC(=O)CNC1=O)C(=O)N[C@@H](CC(=O)O)C(=O)N1CC(O)C[C@H]1C(=O)N[C@@H]([C@@H](C)[C@@H](O)CO)C(=O)N2. The van der Waals surface area contributed by atoms with Crippen LogP contribution in [0.4, 0.5) is 0 Å². The first-order valence-corrected chi connectivity index (χ1v) is 21.2. The number of benzene rings is 1. The van der Waals surface area contributed by atoms with E-state index in [0.717, 1.165) is 16.7 Å². The van der Waals surface area contributed by atoms with Crippen LogP contribution < -0.4 is 37.2 Å². The van der Waals surface area contributed by atoms with Crippen LogP contribution in [0.25, 0.3) is 10.9 Å². The fourth-order valence-corrected chi connectivity index (χ4v) is 8.61. The number of aliphatic hydroxyl groups is 3. The highest BCUT2D eigenvalue weighted by atomic mass is 32.2. The first kappa shape index (κ1) is 47.3. The third-order valence-electron chi connectivity index (χ3n) is 11.3. The number of hydrogen-bond acceptors (Lipinski definition) is 13. The molecule has 3 aliphatic heterocycles. The Morgan fingerprint density at radius 1 is 0.839 bits per heavy atom. The largest absolute Gasteiger partial charge is 0.481 e. The molecule has 2 unspecified atom stereocenters. The summed E-state index contributed by atoms with van der Waals surface area (Å²) < 4.78 is 0. The summed E-state index contributed by atoms with van der Waals surface area (Å²) in [6, 6.07) is -2.39. The van der Waals surface area contributed by atoms with E-state index < -0.39 is 146 Å². The molecule has 22 nitrogen and oxygen atoms in total. The van der Waals surface area contributed by atoms with Crippen molar-refractivity contribution in [3.63, 3.8) is 0 Å². The highest BCUT2D eigenvalue weighted by molar-refractivity contribution is 7.99. The molecule has 1 aromatic carbocycles. The first-order valence-electron chi connectivity index (χ1n) is 20.2.